The van der Waals surface area contributed by atoms with Gasteiger partial charge in [-0.2, -0.15) is 5.11 Å². The molecule has 4 rings (SSSR count). The first-order valence-corrected chi connectivity index (χ1v) is 9.41. The Morgan fingerprint density at radius 3 is 2.45 bits per heavy atom. The van der Waals surface area contributed by atoms with Crippen LogP contribution in [0.2, 0.25) is 5.02 Å². The predicted octanol–water partition coefficient (Wildman–Crippen LogP) is 2.89. The number of fused-ring (bicyclic) bond motifs is 1. The van der Waals surface area contributed by atoms with E-state index in [-0.39, 0.29) is 6.54 Å². The zero-order valence-electron chi connectivity index (χ0n) is 15.8. The molecule has 0 spiro atoms. The van der Waals surface area contributed by atoms with E-state index in [1.807, 2.05) is 32.0 Å². The summed E-state index contributed by atoms with van der Waals surface area (Å²) in [5.41, 5.74) is 2.92. The second-order valence-corrected chi connectivity index (χ2v) is 7.48. The number of anilines is 2. The van der Waals surface area contributed by atoms with Gasteiger partial charge in [0.2, 0.25) is 5.91 Å². The molecule has 29 heavy (non-hydrogen) atoms. The Morgan fingerprint density at radius 2 is 1.76 bits per heavy atom. The van der Waals surface area contributed by atoms with E-state index < -0.39 is 29.8 Å². The molecule has 2 aromatic carbocycles. The number of benzene rings is 2. The largest absolute Gasteiger partial charge is 0.323 e. The van der Waals surface area contributed by atoms with Gasteiger partial charge in [0.05, 0.1) is 16.4 Å². The van der Waals surface area contributed by atoms with E-state index in [0.29, 0.717) is 16.4 Å². The lowest BCUT2D eigenvalue weighted by Gasteiger charge is -2.20. The minimum Gasteiger partial charge on any atom is -0.323 e. The van der Waals surface area contributed by atoms with E-state index in [1.54, 1.807) is 24.3 Å². The van der Waals surface area contributed by atoms with Gasteiger partial charge in [0, 0.05) is 0 Å². The summed E-state index contributed by atoms with van der Waals surface area (Å²) >= 11 is 6.14. The fourth-order valence-electron chi connectivity index (χ4n) is 3.36. The molecule has 2 aliphatic heterocycles. The van der Waals surface area contributed by atoms with Crippen molar-refractivity contribution in [2.45, 2.75) is 25.9 Å². The lowest BCUT2D eigenvalue weighted by molar-refractivity contribution is -0.123. The molecule has 1 fully saturated rings. The first-order chi connectivity index (χ1) is 13.8. The van der Waals surface area contributed by atoms with Crippen LogP contribution in [-0.4, -0.2) is 41.4 Å². The highest BCUT2D eigenvalue weighted by Crippen LogP contribution is 2.32. The smallest absolute Gasteiger partial charge is 0.263 e. The Bertz CT molecular complexity index is 1040. The van der Waals surface area contributed by atoms with Gasteiger partial charge in [-0.1, -0.05) is 40.6 Å². The number of nitrogens with one attached hydrogen (secondary N) is 1. The third-order valence-corrected chi connectivity index (χ3v) is 5.17. The number of amides is 3. The number of nitrogens with zero attached hydrogens (tertiary/aromatic N) is 4. The van der Waals surface area contributed by atoms with Gasteiger partial charge in [-0.25, -0.2) is 4.90 Å². The maximum absolute atomic E-state index is 12.9. The van der Waals surface area contributed by atoms with Crippen LogP contribution in [-0.2, 0) is 14.4 Å². The summed E-state index contributed by atoms with van der Waals surface area (Å²) in [6.45, 7) is 3.58. The third kappa shape index (κ3) is 3.47. The van der Waals surface area contributed by atoms with Crippen molar-refractivity contribution in [1.82, 2.24) is 5.01 Å². The van der Waals surface area contributed by atoms with Crippen LogP contribution >= 0.6 is 11.6 Å². The van der Waals surface area contributed by atoms with Crippen molar-refractivity contribution < 1.29 is 14.4 Å². The average molecular weight is 412 g/mol. The van der Waals surface area contributed by atoms with Gasteiger partial charge in [-0.15, -0.1) is 0 Å². The molecule has 2 heterocycles. The van der Waals surface area contributed by atoms with E-state index in [9.17, 15) is 14.4 Å². The van der Waals surface area contributed by atoms with Crippen LogP contribution in [0, 0.1) is 13.8 Å². The quantitative estimate of drug-likeness (QED) is 0.782. The number of carbonyl (C=O) groups excluding carboxylic acids is 3. The van der Waals surface area contributed by atoms with Crippen LogP contribution in [0.25, 0.3) is 0 Å². The van der Waals surface area contributed by atoms with Crippen LogP contribution in [0.5, 0.6) is 0 Å². The van der Waals surface area contributed by atoms with E-state index in [0.717, 1.165) is 16.0 Å². The summed E-state index contributed by atoms with van der Waals surface area (Å²) in [7, 11) is 0. The molecular formula is C20H18ClN5O3. The number of halogens is 1. The van der Waals surface area contributed by atoms with Crippen molar-refractivity contribution in [2.75, 3.05) is 16.8 Å². The van der Waals surface area contributed by atoms with Crippen LogP contribution in [0.4, 0.5) is 11.4 Å². The lowest BCUT2D eigenvalue weighted by Crippen LogP contribution is -2.43. The molecule has 0 aliphatic carbocycles. The molecule has 0 saturated carbocycles. The molecule has 0 aromatic heterocycles. The van der Waals surface area contributed by atoms with Crippen molar-refractivity contribution in [3.63, 3.8) is 0 Å². The second-order valence-electron chi connectivity index (χ2n) is 7.07. The Hall–Kier alpha value is -3.26. The number of carbonyl (C=O) groups is 3. The molecule has 0 radical (unpaired) electrons. The molecule has 2 aliphatic rings. The molecule has 1 saturated heterocycles. The number of hydrogen-bond acceptors (Lipinski definition) is 6. The summed E-state index contributed by atoms with van der Waals surface area (Å²) in [6, 6.07) is 10.5. The second kappa shape index (κ2) is 7.29. The van der Waals surface area contributed by atoms with Gasteiger partial charge in [0.25, 0.3) is 11.8 Å². The molecule has 1 N–H and O–H groups in total. The molecule has 9 heteroatoms. The summed E-state index contributed by atoms with van der Waals surface area (Å²) < 4.78 is 0. The first kappa shape index (κ1) is 19.1. The van der Waals surface area contributed by atoms with Crippen molar-refractivity contribution >= 4 is 40.7 Å². The highest BCUT2D eigenvalue weighted by Gasteiger charge is 2.55. The molecule has 148 valence electrons. The zero-order valence-corrected chi connectivity index (χ0v) is 16.6. The number of imide groups is 1. The highest BCUT2D eigenvalue weighted by atomic mass is 35.5. The Labute approximate surface area is 172 Å². The fraction of sp³-hybridized carbons (Fsp3) is 0.250. The highest BCUT2D eigenvalue weighted by molar-refractivity contribution is 6.33. The maximum Gasteiger partial charge on any atom is 0.263 e. The number of rotatable bonds is 4. The van der Waals surface area contributed by atoms with Gasteiger partial charge >= 0.3 is 0 Å². The average Bonchev–Trinajstić information content (AvgIpc) is 3.19. The van der Waals surface area contributed by atoms with Gasteiger partial charge in [-0.05, 0) is 43.7 Å². The van der Waals surface area contributed by atoms with Gasteiger partial charge in [0.1, 0.15) is 6.54 Å². The Kier molecular flexibility index (Phi) is 4.79. The molecule has 2 aromatic rings. The van der Waals surface area contributed by atoms with Crippen molar-refractivity contribution in [1.29, 1.82) is 0 Å². The molecule has 3 amide bonds. The summed E-state index contributed by atoms with van der Waals surface area (Å²) in [4.78, 5) is 39.2. The maximum atomic E-state index is 12.9. The molecule has 2 atom stereocenters. The van der Waals surface area contributed by atoms with Gasteiger partial charge in [0.15, 0.2) is 12.1 Å². The van der Waals surface area contributed by atoms with Crippen molar-refractivity contribution in [3.8, 4) is 0 Å². The molecule has 0 bridgehead atoms. The van der Waals surface area contributed by atoms with Gasteiger partial charge < -0.3 is 5.32 Å². The van der Waals surface area contributed by atoms with Crippen LogP contribution in [0.3, 0.4) is 0 Å². The minimum atomic E-state index is -0.945. The minimum absolute atomic E-state index is 0.227. The lowest BCUT2D eigenvalue weighted by atomic mass is 10.1. The summed E-state index contributed by atoms with van der Waals surface area (Å²) in [5.74, 6) is -1.31. The SMILES string of the molecule is Cc1ccc(N2C(=O)[C@H]3N=NN(CC(=O)Nc4ccc(C)cc4Cl)[C@@H]3C2=O)cc1. The van der Waals surface area contributed by atoms with Crippen LogP contribution < -0.4 is 10.2 Å². The summed E-state index contributed by atoms with van der Waals surface area (Å²) in [6.07, 6.45) is 0. The van der Waals surface area contributed by atoms with E-state index in [2.05, 4.69) is 15.7 Å². The van der Waals surface area contributed by atoms with Gasteiger partial charge in [-0.3, -0.25) is 19.4 Å². The molecule has 0 unspecified atom stereocenters. The Balaban J connectivity index is 1.49. The van der Waals surface area contributed by atoms with Crippen molar-refractivity contribution in [3.05, 3.63) is 58.6 Å². The number of hydrogen-bond donors (Lipinski definition) is 1. The summed E-state index contributed by atoms with van der Waals surface area (Å²) in [5, 5.41) is 12.2. The van der Waals surface area contributed by atoms with Crippen LogP contribution in [0.1, 0.15) is 11.1 Å². The van der Waals surface area contributed by atoms with E-state index in [1.165, 1.54) is 5.01 Å². The predicted molar refractivity (Wildman–Crippen MR) is 108 cm³/mol. The van der Waals surface area contributed by atoms with E-state index >= 15 is 0 Å². The fourth-order valence-corrected chi connectivity index (χ4v) is 3.64. The molecule has 8 nitrogen and oxygen atoms in total. The molecular weight excluding hydrogens is 394 g/mol. The first-order valence-electron chi connectivity index (χ1n) is 9.03. The normalized spacial score (nSPS) is 20.4. The topological polar surface area (TPSA) is 94.4 Å². The monoisotopic (exact) mass is 411 g/mol. The zero-order chi connectivity index (χ0) is 20.7. The Morgan fingerprint density at radius 1 is 1.07 bits per heavy atom. The van der Waals surface area contributed by atoms with Crippen molar-refractivity contribution in [2.24, 2.45) is 10.3 Å². The standard InChI is InChI=1S/C20H18ClN5O3/c1-11-3-6-13(7-4-11)26-19(28)17-18(20(26)29)25(24-23-17)10-16(27)22-15-8-5-12(2)9-14(15)21/h3-9,17-18H,10H2,1-2H3,(H,22,27)/t17-,18-/m0/s1. The third-order valence-electron chi connectivity index (χ3n) is 4.85. The van der Waals surface area contributed by atoms with Crippen LogP contribution in [0.15, 0.2) is 52.8 Å². The number of aryl methyl sites for hydroxylation is 2. The van der Waals surface area contributed by atoms with E-state index in [4.69, 9.17) is 11.6 Å².